The van der Waals surface area contributed by atoms with Crippen LogP contribution >= 0.6 is 0 Å². The summed E-state index contributed by atoms with van der Waals surface area (Å²) in [6, 6.07) is 22.4. The minimum Gasteiger partial charge on any atom is -0.388 e. The molecule has 0 saturated carbocycles. The molecular formula is C25H27N3O2. The molecule has 0 fully saturated rings. The summed E-state index contributed by atoms with van der Waals surface area (Å²) in [4.78, 5) is 25.7. The Kier molecular flexibility index (Phi) is 7.33. The predicted octanol–water partition coefficient (Wildman–Crippen LogP) is 4.25. The minimum atomic E-state index is -0.573. The van der Waals surface area contributed by atoms with E-state index < -0.39 is 6.04 Å². The highest BCUT2D eigenvalue weighted by Gasteiger charge is 2.21. The zero-order valence-electron chi connectivity index (χ0n) is 16.9. The van der Waals surface area contributed by atoms with E-state index >= 15 is 0 Å². The van der Waals surface area contributed by atoms with Crippen LogP contribution in [0.4, 0.5) is 0 Å². The van der Waals surface area contributed by atoms with Gasteiger partial charge in [-0.2, -0.15) is 0 Å². The molecule has 0 aliphatic rings. The summed E-state index contributed by atoms with van der Waals surface area (Å²) in [6.45, 7) is 0. The van der Waals surface area contributed by atoms with E-state index in [0.29, 0.717) is 24.8 Å². The average molecular weight is 402 g/mol. The fraction of sp³-hybridized carbons (Fsp3) is 0.240. The summed E-state index contributed by atoms with van der Waals surface area (Å²) in [7, 11) is 0. The van der Waals surface area contributed by atoms with E-state index in [4.69, 9.17) is 11.1 Å². The van der Waals surface area contributed by atoms with Crippen LogP contribution in [0.5, 0.6) is 0 Å². The Morgan fingerprint density at radius 2 is 1.60 bits per heavy atom. The number of amidine groups is 1. The lowest BCUT2D eigenvalue weighted by atomic mass is 9.97. The van der Waals surface area contributed by atoms with E-state index in [1.807, 2.05) is 48.5 Å². The summed E-state index contributed by atoms with van der Waals surface area (Å²) in [5, 5.41) is 12.5. The summed E-state index contributed by atoms with van der Waals surface area (Å²) in [5.74, 6) is -0.126. The second-order valence-corrected chi connectivity index (χ2v) is 7.49. The van der Waals surface area contributed by atoms with Gasteiger partial charge in [-0.1, -0.05) is 67.1 Å². The summed E-state index contributed by atoms with van der Waals surface area (Å²) in [6.07, 6.45) is 2.72. The van der Waals surface area contributed by atoms with Gasteiger partial charge in [0.2, 0.25) is 0 Å². The molecule has 4 N–H and O–H groups in total. The van der Waals surface area contributed by atoms with Crippen molar-refractivity contribution in [3.63, 3.8) is 0 Å². The number of unbranched alkanes of at least 4 members (excludes halogenated alkanes) is 1. The molecule has 0 saturated heterocycles. The standard InChI is InChI=1S/C25H27N3O2/c26-24(27)13-7-6-12-22(28-25(30)20-9-2-1-3-10-20)23(29)17-18-14-15-19-8-4-5-11-21(19)16-18/h1-5,8-11,14-16,22H,6-7,12-13,17H2,(H3,26,27)(H,28,30). The van der Waals surface area contributed by atoms with Gasteiger partial charge < -0.3 is 11.1 Å². The van der Waals surface area contributed by atoms with Gasteiger partial charge in [-0.05, 0) is 41.3 Å². The second-order valence-electron chi connectivity index (χ2n) is 7.49. The Hall–Kier alpha value is -3.47. The molecule has 1 amide bonds. The predicted molar refractivity (Wildman–Crippen MR) is 121 cm³/mol. The van der Waals surface area contributed by atoms with Gasteiger partial charge in [0.05, 0.1) is 11.9 Å². The maximum Gasteiger partial charge on any atom is 0.251 e. The number of carbonyl (C=O) groups excluding carboxylic acids is 2. The number of Topliss-reactive ketones (excluding diaryl/α,β-unsaturated/α-hetero) is 1. The van der Waals surface area contributed by atoms with Gasteiger partial charge in [0.15, 0.2) is 5.78 Å². The van der Waals surface area contributed by atoms with Crippen molar-refractivity contribution >= 4 is 28.3 Å². The molecule has 3 aromatic rings. The number of amides is 1. The Morgan fingerprint density at radius 1 is 0.900 bits per heavy atom. The van der Waals surface area contributed by atoms with Gasteiger partial charge in [-0.25, -0.2) is 0 Å². The normalized spacial score (nSPS) is 11.7. The highest BCUT2D eigenvalue weighted by molar-refractivity contribution is 5.98. The molecule has 30 heavy (non-hydrogen) atoms. The Bertz CT molecular complexity index is 1030. The van der Waals surface area contributed by atoms with E-state index in [9.17, 15) is 9.59 Å². The van der Waals surface area contributed by atoms with Crippen molar-refractivity contribution < 1.29 is 9.59 Å². The van der Waals surface area contributed by atoms with Crippen LogP contribution in [0.15, 0.2) is 72.8 Å². The molecule has 0 radical (unpaired) electrons. The summed E-state index contributed by atoms with van der Waals surface area (Å²) < 4.78 is 0. The first-order chi connectivity index (χ1) is 14.5. The monoisotopic (exact) mass is 401 g/mol. The number of hydrogen-bond acceptors (Lipinski definition) is 3. The fourth-order valence-corrected chi connectivity index (χ4v) is 3.48. The number of fused-ring (bicyclic) bond motifs is 1. The van der Waals surface area contributed by atoms with Crippen LogP contribution < -0.4 is 11.1 Å². The SMILES string of the molecule is N=C(N)CCCCC(NC(=O)c1ccccc1)C(=O)Cc1ccc2ccccc2c1. The zero-order chi connectivity index (χ0) is 21.3. The van der Waals surface area contributed by atoms with Gasteiger partial charge in [0.25, 0.3) is 5.91 Å². The molecule has 0 spiro atoms. The summed E-state index contributed by atoms with van der Waals surface area (Å²) in [5.41, 5.74) is 6.88. The number of hydrogen-bond donors (Lipinski definition) is 3. The molecule has 1 atom stereocenters. The first kappa shape index (κ1) is 21.2. The molecule has 1 unspecified atom stereocenters. The van der Waals surface area contributed by atoms with Crippen molar-refractivity contribution in [2.45, 2.75) is 38.1 Å². The Balaban J connectivity index is 1.70. The first-order valence-corrected chi connectivity index (χ1v) is 10.2. The van der Waals surface area contributed by atoms with Crippen LogP contribution in [-0.4, -0.2) is 23.6 Å². The van der Waals surface area contributed by atoms with Crippen LogP contribution in [-0.2, 0) is 11.2 Å². The molecule has 0 aliphatic heterocycles. The van der Waals surface area contributed by atoms with Gasteiger partial charge in [-0.15, -0.1) is 0 Å². The van der Waals surface area contributed by atoms with Gasteiger partial charge in [-0.3, -0.25) is 15.0 Å². The Labute approximate surface area is 176 Å². The van der Waals surface area contributed by atoms with E-state index in [2.05, 4.69) is 5.32 Å². The van der Waals surface area contributed by atoms with Gasteiger partial charge in [0, 0.05) is 18.4 Å². The van der Waals surface area contributed by atoms with Crippen LogP contribution in [0.3, 0.4) is 0 Å². The number of rotatable bonds is 10. The maximum atomic E-state index is 13.1. The Morgan fingerprint density at radius 3 is 2.33 bits per heavy atom. The second kappa shape index (κ2) is 10.3. The smallest absolute Gasteiger partial charge is 0.251 e. The van der Waals surface area contributed by atoms with Crippen LogP contribution in [0.2, 0.25) is 0 Å². The lowest BCUT2D eigenvalue weighted by Gasteiger charge is -2.18. The van der Waals surface area contributed by atoms with Gasteiger partial charge in [0.1, 0.15) is 0 Å². The zero-order valence-corrected chi connectivity index (χ0v) is 16.9. The number of ketones is 1. The summed E-state index contributed by atoms with van der Waals surface area (Å²) >= 11 is 0. The maximum absolute atomic E-state index is 13.1. The van der Waals surface area contributed by atoms with Gasteiger partial charge >= 0.3 is 0 Å². The molecule has 0 aromatic heterocycles. The number of nitrogens with two attached hydrogens (primary N) is 1. The lowest BCUT2D eigenvalue weighted by molar-refractivity contribution is -0.120. The quantitative estimate of drug-likeness (QED) is 0.269. The minimum absolute atomic E-state index is 0.0163. The fourth-order valence-electron chi connectivity index (χ4n) is 3.48. The third-order valence-electron chi connectivity index (χ3n) is 5.11. The molecular weight excluding hydrogens is 374 g/mol. The molecule has 0 bridgehead atoms. The molecule has 0 heterocycles. The average Bonchev–Trinajstić information content (AvgIpc) is 2.76. The van der Waals surface area contributed by atoms with Crippen molar-refractivity contribution in [2.75, 3.05) is 0 Å². The highest BCUT2D eigenvalue weighted by Crippen LogP contribution is 2.17. The van der Waals surface area contributed by atoms with Crippen molar-refractivity contribution in [1.82, 2.24) is 5.32 Å². The number of benzene rings is 3. The van der Waals surface area contributed by atoms with Crippen molar-refractivity contribution in [2.24, 2.45) is 5.73 Å². The molecule has 0 aliphatic carbocycles. The third kappa shape index (κ3) is 6.01. The molecule has 3 aromatic carbocycles. The van der Waals surface area contributed by atoms with Crippen LogP contribution in [0, 0.1) is 5.41 Å². The highest BCUT2D eigenvalue weighted by atomic mass is 16.2. The topological polar surface area (TPSA) is 96.0 Å². The van der Waals surface area contributed by atoms with Crippen molar-refractivity contribution in [3.8, 4) is 0 Å². The first-order valence-electron chi connectivity index (χ1n) is 10.2. The largest absolute Gasteiger partial charge is 0.388 e. The molecule has 154 valence electrons. The van der Waals surface area contributed by atoms with Crippen molar-refractivity contribution in [3.05, 3.63) is 83.9 Å². The molecule has 3 rings (SSSR count). The van der Waals surface area contributed by atoms with E-state index in [-0.39, 0.29) is 23.9 Å². The number of nitrogens with one attached hydrogen (secondary N) is 2. The molecule has 5 heteroatoms. The van der Waals surface area contributed by atoms with E-state index in [1.54, 1.807) is 24.3 Å². The van der Waals surface area contributed by atoms with Crippen LogP contribution in [0.25, 0.3) is 10.8 Å². The van der Waals surface area contributed by atoms with Crippen LogP contribution in [0.1, 0.15) is 41.6 Å². The lowest BCUT2D eigenvalue weighted by Crippen LogP contribution is -2.41. The van der Waals surface area contributed by atoms with E-state index in [0.717, 1.165) is 22.8 Å². The number of carbonyl (C=O) groups is 2. The third-order valence-corrected chi connectivity index (χ3v) is 5.11. The molecule has 5 nitrogen and oxygen atoms in total. The van der Waals surface area contributed by atoms with Crippen molar-refractivity contribution in [1.29, 1.82) is 5.41 Å². The van der Waals surface area contributed by atoms with E-state index in [1.165, 1.54) is 0 Å².